The van der Waals surface area contributed by atoms with Gasteiger partial charge in [0, 0.05) is 23.9 Å². The number of anilines is 1. The van der Waals surface area contributed by atoms with Crippen molar-refractivity contribution in [3.63, 3.8) is 0 Å². The molecule has 3 rings (SSSR count). The molecule has 0 bridgehead atoms. The molecular formula is C17H17NOS. The summed E-state index contributed by atoms with van der Waals surface area (Å²) in [7, 11) is 0. The molecule has 3 heteroatoms. The van der Waals surface area contributed by atoms with Crippen LogP contribution in [0.25, 0.3) is 0 Å². The molecule has 1 fully saturated rings. The van der Waals surface area contributed by atoms with Gasteiger partial charge in [0.2, 0.25) is 5.91 Å². The molecule has 1 amide bonds. The predicted octanol–water partition coefficient (Wildman–Crippen LogP) is 3.31. The Hall–Kier alpha value is -1.74. The molecule has 0 aliphatic carbocycles. The molecule has 2 nitrogen and oxygen atoms in total. The summed E-state index contributed by atoms with van der Waals surface area (Å²) >= 11 is 4.43. The summed E-state index contributed by atoms with van der Waals surface area (Å²) in [6.45, 7) is 0.702. The lowest BCUT2D eigenvalue weighted by Crippen LogP contribution is -2.25. The van der Waals surface area contributed by atoms with Crippen molar-refractivity contribution in [2.75, 3.05) is 11.4 Å². The number of nitrogens with zero attached hydrogens (tertiary/aromatic N) is 1. The number of amides is 1. The summed E-state index contributed by atoms with van der Waals surface area (Å²) in [4.78, 5) is 13.9. The standard InChI is InChI=1S/C17H17NOS/c19-17-11-15(20)12-18(17)16-9-5-4-8-14(16)10-13-6-2-1-3-7-13/h1-9,15,20H,10-12H2. The maximum absolute atomic E-state index is 12.1. The van der Waals surface area contributed by atoms with Gasteiger partial charge in [0.15, 0.2) is 0 Å². The molecule has 0 saturated carbocycles. The molecule has 1 atom stereocenters. The SMILES string of the molecule is O=C1CC(S)CN1c1ccccc1Cc1ccccc1. The normalized spacial score (nSPS) is 18.6. The van der Waals surface area contributed by atoms with Gasteiger partial charge in [-0.15, -0.1) is 0 Å². The van der Waals surface area contributed by atoms with Crippen molar-refractivity contribution in [1.82, 2.24) is 0 Å². The topological polar surface area (TPSA) is 20.3 Å². The first-order valence-corrected chi connectivity index (χ1v) is 7.36. The van der Waals surface area contributed by atoms with Gasteiger partial charge in [-0.1, -0.05) is 48.5 Å². The van der Waals surface area contributed by atoms with Crippen LogP contribution in [0.3, 0.4) is 0 Å². The smallest absolute Gasteiger partial charge is 0.228 e. The van der Waals surface area contributed by atoms with Crippen LogP contribution in [0.4, 0.5) is 5.69 Å². The summed E-state index contributed by atoms with van der Waals surface area (Å²) in [5.41, 5.74) is 3.47. The minimum absolute atomic E-state index is 0.146. The third-order valence-corrected chi connectivity index (χ3v) is 3.97. The van der Waals surface area contributed by atoms with Gasteiger partial charge in [-0.05, 0) is 23.6 Å². The van der Waals surface area contributed by atoms with Gasteiger partial charge >= 0.3 is 0 Å². The van der Waals surface area contributed by atoms with E-state index in [4.69, 9.17) is 0 Å². The van der Waals surface area contributed by atoms with Crippen LogP contribution in [-0.2, 0) is 11.2 Å². The fourth-order valence-electron chi connectivity index (χ4n) is 2.66. The monoisotopic (exact) mass is 283 g/mol. The van der Waals surface area contributed by atoms with Gasteiger partial charge in [0.1, 0.15) is 0 Å². The van der Waals surface area contributed by atoms with Crippen molar-refractivity contribution < 1.29 is 4.79 Å². The molecule has 0 N–H and O–H groups in total. The van der Waals surface area contributed by atoms with Gasteiger partial charge in [-0.2, -0.15) is 12.6 Å². The highest BCUT2D eigenvalue weighted by atomic mass is 32.1. The van der Waals surface area contributed by atoms with Gasteiger partial charge in [0.05, 0.1) is 0 Å². The van der Waals surface area contributed by atoms with Crippen LogP contribution < -0.4 is 4.90 Å². The fraction of sp³-hybridized carbons (Fsp3) is 0.235. The largest absolute Gasteiger partial charge is 0.311 e. The van der Waals surface area contributed by atoms with Crippen LogP contribution in [0.2, 0.25) is 0 Å². The number of carbonyl (C=O) groups excluding carboxylic acids is 1. The van der Waals surface area contributed by atoms with Crippen LogP contribution in [0, 0.1) is 0 Å². The molecule has 2 aromatic carbocycles. The molecule has 2 aromatic rings. The van der Waals surface area contributed by atoms with E-state index in [1.165, 1.54) is 11.1 Å². The van der Waals surface area contributed by atoms with Crippen molar-refractivity contribution in [3.8, 4) is 0 Å². The number of hydrogen-bond acceptors (Lipinski definition) is 2. The molecule has 0 radical (unpaired) electrons. The number of benzene rings is 2. The third kappa shape index (κ3) is 2.73. The molecule has 102 valence electrons. The molecular weight excluding hydrogens is 266 g/mol. The summed E-state index contributed by atoms with van der Waals surface area (Å²) in [6, 6.07) is 18.5. The summed E-state index contributed by atoms with van der Waals surface area (Å²) in [5, 5.41) is 0.146. The van der Waals surface area contributed by atoms with Gasteiger partial charge in [0.25, 0.3) is 0 Å². The van der Waals surface area contributed by atoms with E-state index in [1.807, 2.05) is 41.3 Å². The van der Waals surface area contributed by atoms with E-state index in [2.05, 4.69) is 30.8 Å². The predicted molar refractivity (Wildman–Crippen MR) is 85.4 cm³/mol. The van der Waals surface area contributed by atoms with E-state index in [0.29, 0.717) is 13.0 Å². The number of rotatable bonds is 3. The van der Waals surface area contributed by atoms with Crippen molar-refractivity contribution in [1.29, 1.82) is 0 Å². The molecule has 1 aliphatic heterocycles. The second kappa shape index (κ2) is 5.71. The quantitative estimate of drug-likeness (QED) is 0.857. The van der Waals surface area contributed by atoms with Gasteiger partial charge in [-0.25, -0.2) is 0 Å². The molecule has 0 spiro atoms. The maximum Gasteiger partial charge on any atom is 0.228 e. The highest BCUT2D eigenvalue weighted by Gasteiger charge is 2.29. The highest BCUT2D eigenvalue weighted by Crippen LogP contribution is 2.28. The van der Waals surface area contributed by atoms with Gasteiger partial charge < -0.3 is 4.90 Å². The lowest BCUT2D eigenvalue weighted by molar-refractivity contribution is -0.117. The van der Waals surface area contributed by atoms with Crippen molar-refractivity contribution in [2.24, 2.45) is 0 Å². The van der Waals surface area contributed by atoms with E-state index in [9.17, 15) is 4.79 Å². The van der Waals surface area contributed by atoms with Crippen LogP contribution in [0.15, 0.2) is 54.6 Å². The Labute approximate surface area is 124 Å². The average Bonchev–Trinajstić information content (AvgIpc) is 2.79. The van der Waals surface area contributed by atoms with Gasteiger partial charge in [-0.3, -0.25) is 4.79 Å². The van der Waals surface area contributed by atoms with Crippen LogP contribution in [0.5, 0.6) is 0 Å². The summed E-state index contributed by atoms with van der Waals surface area (Å²) in [6.07, 6.45) is 1.38. The van der Waals surface area contributed by atoms with Crippen molar-refractivity contribution in [2.45, 2.75) is 18.1 Å². The number of para-hydroxylation sites is 1. The van der Waals surface area contributed by atoms with Crippen LogP contribution >= 0.6 is 12.6 Å². The second-order valence-corrected chi connectivity index (χ2v) is 5.88. The minimum Gasteiger partial charge on any atom is -0.311 e. The summed E-state index contributed by atoms with van der Waals surface area (Å²) in [5.74, 6) is 0.172. The first-order chi connectivity index (χ1) is 9.74. The number of thiol groups is 1. The molecule has 1 aliphatic rings. The Kier molecular flexibility index (Phi) is 3.79. The zero-order valence-corrected chi connectivity index (χ0v) is 12.1. The average molecular weight is 283 g/mol. The molecule has 1 saturated heterocycles. The van der Waals surface area contributed by atoms with Crippen molar-refractivity contribution in [3.05, 3.63) is 65.7 Å². The van der Waals surface area contributed by atoms with E-state index in [0.717, 1.165) is 12.1 Å². The Morgan fingerprint density at radius 3 is 2.45 bits per heavy atom. The Morgan fingerprint density at radius 2 is 1.75 bits per heavy atom. The van der Waals surface area contributed by atoms with E-state index < -0.39 is 0 Å². The Balaban J connectivity index is 1.91. The lowest BCUT2D eigenvalue weighted by atomic mass is 10.0. The molecule has 1 heterocycles. The third-order valence-electron chi connectivity index (χ3n) is 3.62. The van der Waals surface area contributed by atoms with E-state index >= 15 is 0 Å². The van der Waals surface area contributed by atoms with Crippen molar-refractivity contribution >= 4 is 24.2 Å². The second-order valence-electron chi connectivity index (χ2n) is 5.15. The lowest BCUT2D eigenvalue weighted by Gasteiger charge is -2.20. The first-order valence-electron chi connectivity index (χ1n) is 6.84. The fourth-order valence-corrected chi connectivity index (χ4v) is 2.98. The molecule has 0 aromatic heterocycles. The van der Waals surface area contributed by atoms with E-state index in [1.54, 1.807) is 0 Å². The Bertz CT molecular complexity index is 611. The number of hydrogen-bond donors (Lipinski definition) is 1. The first kappa shape index (κ1) is 13.3. The zero-order chi connectivity index (χ0) is 13.9. The zero-order valence-electron chi connectivity index (χ0n) is 11.2. The van der Waals surface area contributed by atoms with E-state index in [-0.39, 0.29) is 11.2 Å². The minimum atomic E-state index is 0.146. The highest BCUT2D eigenvalue weighted by molar-refractivity contribution is 7.81. The summed E-state index contributed by atoms with van der Waals surface area (Å²) < 4.78 is 0. The van der Waals surface area contributed by atoms with Crippen LogP contribution in [-0.4, -0.2) is 17.7 Å². The molecule has 1 unspecified atom stereocenters. The molecule has 20 heavy (non-hydrogen) atoms. The van der Waals surface area contributed by atoms with Crippen LogP contribution in [0.1, 0.15) is 17.5 Å². The number of carbonyl (C=O) groups is 1. The Morgan fingerprint density at radius 1 is 1.05 bits per heavy atom. The maximum atomic E-state index is 12.1.